The van der Waals surface area contributed by atoms with Crippen LogP contribution in [0.25, 0.3) is 0 Å². The first-order chi connectivity index (χ1) is 8.99. The quantitative estimate of drug-likeness (QED) is 0.692. The number of esters is 1. The SMILES string of the molecule is C[C@H]1OC(=O)C2C[C@@H]3C[C@H](N)CC[C@H]3[C@H](C(=O)O)[C@@H]21. The Morgan fingerprint density at radius 2 is 2.11 bits per heavy atom. The lowest BCUT2D eigenvalue weighted by atomic mass is 9.57. The third-order valence-corrected chi connectivity index (χ3v) is 5.41. The van der Waals surface area contributed by atoms with Gasteiger partial charge in [-0.3, -0.25) is 9.59 Å². The second-order valence-corrected chi connectivity index (χ2v) is 6.42. The van der Waals surface area contributed by atoms with Gasteiger partial charge in [0, 0.05) is 12.0 Å². The molecule has 1 aliphatic heterocycles. The van der Waals surface area contributed by atoms with Crippen LogP contribution in [0.15, 0.2) is 0 Å². The maximum atomic E-state index is 11.9. The number of hydrogen-bond acceptors (Lipinski definition) is 4. The number of carbonyl (C=O) groups excluding carboxylic acids is 1. The molecule has 106 valence electrons. The van der Waals surface area contributed by atoms with Gasteiger partial charge in [-0.05, 0) is 44.4 Å². The van der Waals surface area contributed by atoms with Crippen molar-refractivity contribution in [1.29, 1.82) is 0 Å². The molecule has 3 rings (SSSR count). The molecule has 0 amide bonds. The van der Waals surface area contributed by atoms with Gasteiger partial charge in [-0.1, -0.05) is 0 Å². The van der Waals surface area contributed by atoms with E-state index in [0.717, 1.165) is 25.7 Å². The molecule has 2 saturated carbocycles. The fourth-order valence-corrected chi connectivity index (χ4v) is 4.66. The molecule has 0 spiro atoms. The molecule has 0 bridgehead atoms. The molecule has 3 fully saturated rings. The van der Waals surface area contributed by atoms with Crippen LogP contribution in [0.1, 0.15) is 32.6 Å². The third-order valence-electron chi connectivity index (χ3n) is 5.41. The van der Waals surface area contributed by atoms with Gasteiger partial charge in [-0.25, -0.2) is 0 Å². The summed E-state index contributed by atoms with van der Waals surface area (Å²) in [7, 11) is 0. The highest BCUT2D eigenvalue weighted by molar-refractivity contribution is 5.79. The van der Waals surface area contributed by atoms with Crippen molar-refractivity contribution in [3.63, 3.8) is 0 Å². The number of hydrogen-bond donors (Lipinski definition) is 2. The molecule has 3 aliphatic rings. The number of nitrogens with two attached hydrogens (primary N) is 1. The van der Waals surface area contributed by atoms with E-state index in [1.165, 1.54) is 0 Å². The molecule has 0 aromatic rings. The number of carboxylic acid groups (broad SMARTS) is 1. The summed E-state index contributed by atoms with van der Waals surface area (Å²) in [5.41, 5.74) is 6.00. The molecule has 1 heterocycles. The van der Waals surface area contributed by atoms with Crippen LogP contribution in [-0.2, 0) is 14.3 Å². The maximum absolute atomic E-state index is 11.9. The molecule has 0 aromatic heterocycles. The lowest BCUT2D eigenvalue weighted by Crippen LogP contribution is -2.49. The van der Waals surface area contributed by atoms with Gasteiger partial charge in [0.05, 0.1) is 11.8 Å². The van der Waals surface area contributed by atoms with E-state index in [9.17, 15) is 14.7 Å². The summed E-state index contributed by atoms with van der Waals surface area (Å²) in [6.45, 7) is 1.83. The highest BCUT2D eigenvalue weighted by Crippen LogP contribution is 2.52. The van der Waals surface area contributed by atoms with Crippen molar-refractivity contribution < 1.29 is 19.4 Å². The first-order valence-electron chi connectivity index (χ1n) is 7.18. The van der Waals surface area contributed by atoms with E-state index in [-0.39, 0.29) is 41.8 Å². The molecule has 1 unspecified atom stereocenters. The Bertz CT molecular complexity index is 410. The first kappa shape index (κ1) is 12.9. The van der Waals surface area contributed by atoms with Crippen molar-refractivity contribution in [3.8, 4) is 0 Å². The molecule has 7 atom stereocenters. The Labute approximate surface area is 112 Å². The molecule has 1 saturated heterocycles. The Morgan fingerprint density at radius 3 is 2.79 bits per heavy atom. The van der Waals surface area contributed by atoms with E-state index >= 15 is 0 Å². The Kier molecular flexibility index (Phi) is 3.04. The topological polar surface area (TPSA) is 89.6 Å². The highest BCUT2D eigenvalue weighted by Gasteiger charge is 2.57. The van der Waals surface area contributed by atoms with Crippen molar-refractivity contribution in [3.05, 3.63) is 0 Å². The molecule has 0 aromatic carbocycles. The second-order valence-electron chi connectivity index (χ2n) is 6.42. The van der Waals surface area contributed by atoms with E-state index in [4.69, 9.17) is 10.5 Å². The van der Waals surface area contributed by atoms with Crippen LogP contribution in [0.5, 0.6) is 0 Å². The zero-order chi connectivity index (χ0) is 13.7. The van der Waals surface area contributed by atoms with Gasteiger partial charge in [-0.15, -0.1) is 0 Å². The molecular formula is C14H21NO4. The van der Waals surface area contributed by atoms with Crippen LogP contribution < -0.4 is 5.73 Å². The van der Waals surface area contributed by atoms with Crippen LogP contribution in [0.3, 0.4) is 0 Å². The number of carbonyl (C=O) groups is 2. The van der Waals surface area contributed by atoms with Gasteiger partial charge in [0.15, 0.2) is 0 Å². The van der Waals surface area contributed by atoms with E-state index < -0.39 is 11.9 Å². The molecule has 0 radical (unpaired) electrons. The number of rotatable bonds is 1. The second kappa shape index (κ2) is 4.47. The van der Waals surface area contributed by atoms with Gasteiger partial charge >= 0.3 is 11.9 Å². The molecular weight excluding hydrogens is 246 g/mol. The minimum absolute atomic E-state index is 0.152. The molecule has 3 N–H and O–H groups in total. The van der Waals surface area contributed by atoms with Crippen molar-refractivity contribution in [2.45, 2.75) is 44.8 Å². The van der Waals surface area contributed by atoms with Crippen LogP contribution >= 0.6 is 0 Å². The maximum Gasteiger partial charge on any atom is 0.309 e. The molecule has 2 aliphatic carbocycles. The van der Waals surface area contributed by atoms with Crippen molar-refractivity contribution in [2.75, 3.05) is 0 Å². The number of ether oxygens (including phenoxy) is 1. The van der Waals surface area contributed by atoms with Gasteiger partial charge in [0.1, 0.15) is 6.10 Å². The number of carboxylic acids is 1. The van der Waals surface area contributed by atoms with Crippen LogP contribution in [-0.4, -0.2) is 29.2 Å². The Hall–Kier alpha value is -1.10. The molecule has 19 heavy (non-hydrogen) atoms. The predicted octanol–water partition coefficient (Wildman–Crippen LogP) is 1.01. The van der Waals surface area contributed by atoms with Crippen LogP contribution in [0, 0.1) is 29.6 Å². The van der Waals surface area contributed by atoms with E-state index in [1.54, 1.807) is 0 Å². The third kappa shape index (κ3) is 1.95. The van der Waals surface area contributed by atoms with E-state index in [0.29, 0.717) is 0 Å². The summed E-state index contributed by atoms with van der Waals surface area (Å²) in [5.74, 6) is -1.38. The van der Waals surface area contributed by atoms with E-state index in [2.05, 4.69) is 0 Å². The predicted molar refractivity (Wildman–Crippen MR) is 67.1 cm³/mol. The summed E-state index contributed by atoms with van der Waals surface area (Å²) in [6, 6.07) is 0.155. The average Bonchev–Trinajstić information content (AvgIpc) is 2.61. The van der Waals surface area contributed by atoms with Crippen LogP contribution in [0.2, 0.25) is 0 Å². The standard InChI is InChI=1S/C14H21NO4/c1-6-11-10(14(18)19-6)5-7-4-8(15)2-3-9(7)12(11)13(16)17/h6-12H,2-5,15H2,1H3,(H,16,17)/t6-,7+,8-,9-,10?,11-,12+/m1/s1. The normalized spacial score (nSPS) is 49.2. The summed E-state index contributed by atoms with van der Waals surface area (Å²) < 4.78 is 5.29. The van der Waals surface area contributed by atoms with Crippen molar-refractivity contribution in [2.24, 2.45) is 35.3 Å². The largest absolute Gasteiger partial charge is 0.481 e. The Balaban J connectivity index is 1.92. The summed E-state index contributed by atoms with van der Waals surface area (Å²) in [4.78, 5) is 23.6. The number of aliphatic carboxylic acids is 1. The van der Waals surface area contributed by atoms with Gasteiger partial charge in [0.25, 0.3) is 0 Å². The zero-order valence-electron chi connectivity index (χ0n) is 11.1. The minimum Gasteiger partial charge on any atom is -0.481 e. The lowest BCUT2D eigenvalue weighted by Gasteiger charge is -2.46. The van der Waals surface area contributed by atoms with Gasteiger partial charge < -0.3 is 15.6 Å². The zero-order valence-corrected chi connectivity index (χ0v) is 11.1. The monoisotopic (exact) mass is 267 g/mol. The molecule has 5 heteroatoms. The van der Waals surface area contributed by atoms with E-state index in [1.807, 2.05) is 6.92 Å². The molecule has 5 nitrogen and oxygen atoms in total. The fourth-order valence-electron chi connectivity index (χ4n) is 4.66. The number of fused-ring (bicyclic) bond motifs is 2. The van der Waals surface area contributed by atoms with Crippen molar-refractivity contribution >= 4 is 11.9 Å². The number of cyclic esters (lactones) is 1. The first-order valence-corrected chi connectivity index (χ1v) is 7.18. The highest BCUT2D eigenvalue weighted by atomic mass is 16.6. The van der Waals surface area contributed by atoms with Crippen molar-refractivity contribution in [1.82, 2.24) is 0 Å². The Morgan fingerprint density at radius 1 is 1.37 bits per heavy atom. The van der Waals surface area contributed by atoms with Crippen LogP contribution in [0.4, 0.5) is 0 Å². The van der Waals surface area contributed by atoms with Gasteiger partial charge in [-0.2, -0.15) is 0 Å². The minimum atomic E-state index is -0.773. The summed E-state index contributed by atoms with van der Waals surface area (Å²) >= 11 is 0. The lowest BCUT2D eigenvalue weighted by molar-refractivity contribution is -0.152. The summed E-state index contributed by atoms with van der Waals surface area (Å²) in [5, 5.41) is 9.60. The summed E-state index contributed by atoms with van der Waals surface area (Å²) in [6.07, 6.45) is 3.10. The van der Waals surface area contributed by atoms with Gasteiger partial charge in [0.2, 0.25) is 0 Å². The fraction of sp³-hybridized carbons (Fsp3) is 0.857. The smallest absolute Gasteiger partial charge is 0.309 e. The average molecular weight is 267 g/mol.